The maximum Gasteiger partial charge on any atom is 0.269 e. The number of rotatable bonds is 6. The zero-order valence-corrected chi connectivity index (χ0v) is 16.8. The monoisotopic (exact) mass is 405 g/mol. The van der Waals surface area contributed by atoms with Gasteiger partial charge in [0, 0.05) is 10.6 Å². The Morgan fingerprint density at radius 3 is 2.69 bits per heavy atom. The van der Waals surface area contributed by atoms with Gasteiger partial charge in [-0.1, -0.05) is 36.4 Å². The van der Waals surface area contributed by atoms with Gasteiger partial charge in [0.2, 0.25) is 0 Å². The molecule has 1 N–H and O–H groups in total. The number of nitrogens with zero attached hydrogens (tertiary/aromatic N) is 4. The molecule has 146 valence electrons. The molecule has 2 aromatic heterocycles. The highest BCUT2D eigenvalue weighted by Gasteiger charge is 2.19. The van der Waals surface area contributed by atoms with Gasteiger partial charge in [-0.25, -0.2) is 0 Å². The largest absolute Gasteiger partial charge is 0.492 e. The van der Waals surface area contributed by atoms with Gasteiger partial charge >= 0.3 is 0 Å². The highest BCUT2D eigenvalue weighted by atomic mass is 32.1. The van der Waals surface area contributed by atoms with E-state index < -0.39 is 0 Å². The van der Waals surface area contributed by atoms with E-state index in [9.17, 15) is 4.79 Å². The molecule has 8 heteroatoms. The minimum absolute atomic E-state index is 0.216. The van der Waals surface area contributed by atoms with Crippen LogP contribution in [-0.2, 0) is 0 Å². The third-order valence-electron chi connectivity index (χ3n) is 4.24. The molecule has 1 amide bonds. The Balaban J connectivity index is 1.62. The second-order valence-corrected chi connectivity index (χ2v) is 7.30. The smallest absolute Gasteiger partial charge is 0.269 e. The average molecular weight is 405 g/mol. The molecule has 29 heavy (non-hydrogen) atoms. The van der Waals surface area contributed by atoms with Gasteiger partial charge in [-0.05, 0) is 54.1 Å². The fourth-order valence-electron chi connectivity index (χ4n) is 2.91. The number of ether oxygens (including phenoxy) is 1. The molecule has 0 atom stereocenters. The molecule has 0 aliphatic heterocycles. The predicted octanol–water partition coefficient (Wildman–Crippen LogP) is 4.35. The van der Waals surface area contributed by atoms with E-state index in [-0.39, 0.29) is 5.91 Å². The summed E-state index contributed by atoms with van der Waals surface area (Å²) in [6, 6.07) is 19.2. The molecule has 0 bridgehead atoms. The summed E-state index contributed by atoms with van der Waals surface area (Å²) in [5.74, 6) is 1.03. The van der Waals surface area contributed by atoms with Gasteiger partial charge in [0.05, 0.1) is 12.3 Å². The van der Waals surface area contributed by atoms with Gasteiger partial charge in [-0.2, -0.15) is 4.68 Å². The van der Waals surface area contributed by atoms with Crippen molar-refractivity contribution in [2.45, 2.75) is 13.8 Å². The van der Waals surface area contributed by atoms with E-state index in [1.165, 1.54) is 11.3 Å². The first kappa shape index (κ1) is 18.8. The van der Waals surface area contributed by atoms with E-state index in [1.807, 2.05) is 74.5 Å². The standard InChI is InChI=1S/C21H19N5O2S/c1-3-28-18-13-19(15-8-5-4-6-9-15)29-20(18)21(27)22-16-10-7-11-17(12-16)26-14(2)23-24-25-26/h4-13H,3H2,1-2H3,(H,22,27). The van der Waals surface area contributed by atoms with Crippen LogP contribution >= 0.6 is 11.3 Å². The summed E-state index contributed by atoms with van der Waals surface area (Å²) in [7, 11) is 0. The van der Waals surface area contributed by atoms with Crippen molar-refractivity contribution in [3.63, 3.8) is 0 Å². The fraction of sp³-hybridized carbons (Fsp3) is 0.143. The first-order chi connectivity index (χ1) is 14.2. The third kappa shape index (κ3) is 4.02. The number of carbonyl (C=O) groups is 1. The first-order valence-electron chi connectivity index (χ1n) is 9.14. The number of anilines is 1. The lowest BCUT2D eigenvalue weighted by Gasteiger charge is -2.08. The number of tetrazole rings is 1. The van der Waals surface area contributed by atoms with Crippen LogP contribution in [0, 0.1) is 6.92 Å². The second-order valence-electron chi connectivity index (χ2n) is 6.25. The van der Waals surface area contributed by atoms with E-state index in [1.54, 1.807) is 4.68 Å². The van der Waals surface area contributed by atoms with Crippen LogP contribution in [0.2, 0.25) is 0 Å². The zero-order valence-electron chi connectivity index (χ0n) is 16.0. The lowest BCUT2D eigenvalue weighted by molar-refractivity contribution is 0.102. The van der Waals surface area contributed by atoms with Crippen molar-refractivity contribution in [3.8, 4) is 21.9 Å². The van der Waals surface area contributed by atoms with E-state index in [0.717, 1.165) is 16.1 Å². The van der Waals surface area contributed by atoms with Crippen molar-refractivity contribution in [3.05, 3.63) is 71.4 Å². The van der Waals surface area contributed by atoms with Gasteiger partial charge in [0.25, 0.3) is 5.91 Å². The highest BCUT2D eigenvalue weighted by Crippen LogP contribution is 2.36. The Morgan fingerprint density at radius 2 is 1.97 bits per heavy atom. The van der Waals surface area contributed by atoms with Crippen LogP contribution in [0.25, 0.3) is 16.1 Å². The molecule has 2 heterocycles. The molecule has 7 nitrogen and oxygen atoms in total. The summed E-state index contributed by atoms with van der Waals surface area (Å²) < 4.78 is 7.33. The molecule has 2 aromatic carbocycles. The van der Waals surface area contributed by atoms with E-state index in [4.69, 9.17) is 4.74 Å². The van der Waals surface area contributed by atoms with Crippen LogP contribution in [0.4, 0.5) is 5.69 Å². The maximum atomic E-state index is 13.0. The van der Waals surface area contributed by atoms with Crippen molar-refractivity contribution < 1.29 is 9.53 Å². The molecule has 0 aliphatic rings. The number of hydrogen-bond acceptors (Lipinski definition) is 6. The molecular formula is C21H19N5O2S. The number of nitrogens with one attached hydrogen (secondary N) is 1. The van der Waals surface area contributed by atoms with Crippen molar-refractivity contribution >= 4 is 22.9 Å². The molecule has 4 rings (SSSR count). The number of aryl methyl sites for hydroxylation is 1. The van der Waals surface area contributed by atoms with Crippen LogP contribution in [0.15, 0.2) is 60.7 Å². The first-order valence-corrected chi connectivity index (χ1v) is 9.96. The molecule has 0 fully saturated rings. The summed E-state index contributed by atoms with van der Waals surface area (Å²) in [5.41, 5.74) is 2.47. The minimum atomic E-state index is -0.216. The van der Waals surface area contributed by atoms with Gasteiger partial charge in [0.1, 0.15) is 10.6 Å². The Bertz CT molecular complexity index is 1140. The summed E-state index contributed by atoms with van der Waals surface area (Å²) in [6.45, 7) is 4.20. The molecule has 0 unspecified atom stereocenters. The number of hydrogen-bond donors (Lipinski definition) is 1. The molecule has 0 aliphatic carbocycles. The average Bonchev–Trinajstić information content (AvgIpc) is 3.36. The van der Waals surface area contributed by atoms with Gasteiger partial charge in [-0.15, -0.1) is 16.4 Å². The second kappa shape index (κ2) is 8.24. The molecular weight excluding hydrogens is 386 g/mol. The summed E-state index contributed by atoms with van der Waals surface area (Å²) in [5, 5.41) is 14.5. The number of amides is 1. The quantitative estimate of drug-likeness (QED) is 0.516. The Labute approximate surface area is 172 Å². The number of aromatic nitrogens is 4. The lowest BCUT2D eigenvalue weighted by atomic mass is 10.2. The Kier molecular flexibility index (Phi) is 5.35. The van der Waals surface area contributed by atoms with E-state index in [2.05, 4.69) is 20.8 Å². The normalized spacial score (nSPS) is 10.7. The van der Waals surface area contributed by atoms with Crippen molar-refractivity contribution in [2.75, 3.05) is 11.9 Å². The van der Waals surface area contributed by atoms with Crippen molar-refractivity contribution in [1.82, 2.24) is 20.2 Å². The van der Waals surface area contributed by atoms with Crippen molar-refractivity contribution in [1.29, 1.82) is 0 Å². The van der Waals surface area contributed by atoms with Crippen LogP contribution in [0.1, 0.15) is 22.4 Å². The Hall–Kier alpha value is -3.52. The summed E-state index contributed by atoms with van der Waals surface area (Å²) in [6.07, 6.45) is 0. The molecule has 4 aromatic rings. The number of thiophene rings is 1. The highest BCUT2D eigenvalue weighted by molar-refractivity contribution is 7.17. The van der Waals surface area contributed by atoms with Gasteiger partial charge < -0.3 is 10.1 Å². The van der Waals surface area contributed by atoms with Crippen LogP contribution < -0.4 is 10.1 Å². The minimum Gasteiger partial charge on any atom is -0.492 e. The maximum absolute atomic E-state index is 13.0. The molecule has 0 saturated heterocycles. The lowest BCUT2D eigenvalue weighted by Crippen LogP contribution is -2.12. The van der Waals surface area contributed by atoms with E-state index in [0.29, 0.717) is 28.7 Å². The summed E-state index contributed by atoms with van der Waals surface area (Å²) >= 11 is 1.41. The van der Waals surface area contributed by atoms with Gasteiger partial charge in [-0.3, -0.25) is 4.79 Å². The number of carbonyl (C=O) groups excluding carboxylic acids is 1. The summed E-state index contributed by atoms with van der Waals surface area (Å²) in [4.78, 5) is 14.5. The van der Waals surface area contributed by atoms with Crippen LogP contribution in [-0.4, -0.2) is 32.7 Å². The van der Waals surface area contributed by atoms with Crippen molar-refractivity contribution in [2.24, 2.45) is 0 Å². The SMILES string of the molecule is CCOc1cc(-c2ccccc2)sc1C(=O)Nc1cccc(-n2nnnc2C)c1. The van der Waals surface area contributed by atoms with E-state index >= 15 is 0 Å². The predicted molar refractivity (Wildman–Crippen MR) is 113 cm³/mol. The Morgan fingerprint density at radius 1 is 1.14 bits per heavy atom. The number of benzene rings is 2. The third-order valence-corrected chi connectivity index (χ3v) is 5.40. The molecule has 0 spiro atoms. The van der Waals surface area contributed by atoms with Gasteiger partial charge in [0.15, 0.2) is 5.82 Å². The zero-order chi connectivity index (χ0) is 20.2. The topological polar surface area (TPSA) is 81.9 Å². The molecule has 0 radical (unpaired) electrons. The molecule has 0 saturated carbocycles. The van der Waals surface area contributed by atoms with Crippen LogP contribution in [0.5, 0.6) is 5.75 Å². The van der Waals surface area contributed by atoms with Crippen LogP contribution in [0.3, 0.4) is 0 Å². The fourth-order valence-corrected chi connectivity index (χ4v) is 3.92.